The smallest absolute Gasteiger partial charge is 0.239 e. The van der Waals surface area contributed by atoms with Crippen LogP contribution in [0, 0.1) is 0 Å². The summed E-state index contributed by atoms with van der Waals surface area (Å²) in [5, 5.41) is 2.90. The van der Waals surface area contributed by atoms with Crippen molar-refractivity contribution in [2.75, 3.05) is 24.2 Å². The molecule has 20 heavy (non-hydrogen) atoms. The third-order valence-corrected chi connectivity index (χ3v) is 3.84. The topological polar surface area (TPSA) is 58.4 Å². The van der Waals surface area contributed by atoms with E-state index in [2.05, 4.69) is 18.3 Å². The minimum absolute atomic E-state index is 0.0269. The Kier molecular flexibility index (Phi) is 6.88. The van der Waals surface area contributed by atoms with Crippen molar-refractivity contribution in [2.45, 2.75) is 38.3 Å². The Labute approximate surface area is 126 Å². The first-order valence-corrected chi connectivity index (χ1v) is 7.93. The van der Waals surface area contributed by atoms with Gasteiger partial charge in [-0.1, -0.05) is 13.0 Å². The van der Waals surface area contributed by atoms with Crippen LogP contribution in [0.4, 0.5) is 5.69 Å². The lowest BCUT2D eigenvalue weighted by Crippen LogP contribution is -2.39. The second kappa shape index (κ2) is 8.17. The highest BCUT2D eigenvalue weighted by Gasteiger charge is 2.13. The number of hydrogen-bond donors (Lipinski definition) is 2. The minimum atomic E-state index is 0.0269. The van der Waals surface area contributed by atoms with Crippen molar-refractivity contribution in [1.82, 2.24) is 5.32 Å². The van der Waals surface area contributed by atoms with Crippen LogP contribution in [0.1, 0.15) is 26.3 Å². The van der Waals surface area contributed by atoms with Gasteiger partial charge in [0.2, 0.25) is 5.91 Å². The molecule has 0 atom stereocenters. The van der Waals surface area contributed by atoms with E-state index in [-0.39, 0.29) is 11.9 Å². The van der Waals surface area contributed by atoms with Gasteiger partial charge in [-0.3, -0.25) is 4.79 Å². The van der Waals surface area contributed by atoms with Gasteiger partial charge in [0.05, 0.1) is 6.54 Å². The molecule has 0 aliphatic heterocycles. The largest absolute Gasteiger partial charge is 0.365 e. The van der Waals surface area contributed by atoms with Gasteiger partial charge in [0.1, 0.15) is 0 Å². The molecule has 0 fully saturated rings. The molecule has 112 valence electrons. The summed E-state index contributed by atoms with van der Waals surface area (Å²) in [5.74, 6) is 1.03. The monoisotopic (exact) mass is 295 g/mol. The number of carbonyl (C=O) groups excluding carboxylic acids is 1. The molecular weight excluding hydrogens is 270 g/mol. The van der Waals surface area contributed by atoms with Gasteiger partial charge < -0.3 is 16.0 Å². The number of thioether (sulfide) groups is 1. The van der Waals surface area contributed by atoms with Crippen molar-refractivity contribution in [3.8, 4) is 0 Å². The lowest BCUT2D eigenvalue weighted by molar-refractivity contribution is -0.120. The Morgan fingerprint density at radius 3 is 2.70 bits per heavy atom. The molecule has 0 saturated heterocycles. The van der Waals surface area contributed by atoms with E-state index >= 15 is 0 Å². The van der Waals surface area contributed by atoms with Crippen LogP contribution in [0.25, 0.3) is 0 Å². The van der Waals surface area contributed by atoms with Crippen molar-refractivity contribution >= 4 is 23.4 Å². The van der Waals surface area contributed by atoms with E-state index < -0.39 is 0 Å². The first kappa shape index (κ1) is 16.9. The third kappa shape index (κ3) is 4.72. The number of carbonyl (C=O) groups is 1. The van der Waals surface area contributed by atoms with Crippen LogP contribution in [0.3, 0.4) is 0 Å². The van der Waals surface area contributed by atoms with Crippen LogP contribution in [0.2, 0.25) is 0 Å². The fourth-order valence-electron chi connectivity index (χ4n) is 2.08. The maximum atomic E-state index is 11.9. The normalized spacial score (nSPS) is 10.7. The maximum absolute atomic E-state index is 11.9. The number of anilines is 1. The van der Waals surface area contributed by atoms with Gasteiger partial charge in [-0.2, -0.15) is 0 Å². The SMILES string of the molecule is CCSc1cccc(N(C)CC(=O)NC(C)C)c1CN. The molecular formula is C15H25N3OS. The number of likely N-dealkylation sites (N-methyl/N-ethyl adjacent to an activating group) is 1. The molecule has 0 heterocycles. The quantitative estimate of drug-likeness (QED) is 0.757. The summed E-state index contributed by atoms with van der Waals surface area (Å²) in [5.41, 5.74) is 8.03. The van der Waals surface area contributed by atoms with Gasteiger partial charge in [-0.05, 0) is 31.7 Å². The number of nitrogens with two attached hydrogens (primary N) is 1. The molecule has 1 aromatic rings. The summed E-state index contributed by atoms with van der Waals surface area (Å²) >= 11 is 1.78. The second-order valence-corrected chi connectivity index (χ2v) is 6.28. The van der Waals surface area contributed by atoms with Crippen LogP contribution in [-0.4, -0.2) is 31.3 Å². The van der Waals surface area contributed by atoms with E-state index in [9.17, 15) is 4.79 Å². The number of hydrogen-bond acceptors (Lipinski definition) is 4. The molecule has 3 N–H and O–H groups in total. The average Bonchev–Trinajstić information content (AvgIpc) is 2.37. The summed E-state index contributed by atoms with van der Waals surface area (Å²) in [6, 6.07) is 6.28. The van der Waals surface area contributed by atoms with E-state index in [0.717, 1.165) is 17.0 Å². The lowest BCUT2D eigenvalue weighted by atomic mass is 10.1. The number of nitrogens with zero attached hydrogens (tertiary/aromatic N) is 1. The summed E-state index contributed by atoms with van der Waals surface area (Å²) in [6.07, 6.45) is 0. The first-order chi connectivity index (χ1) is 9.49. The molecule has 0 radical (unpaired) electrons. The van der Waals surface area contributed by atoms with Gasteiger partial charge in [0, 0.05) is 35.8 Å². The molecule has 1 rings (SSSR count). The van der Waals surface area contributed by atoms with Gasteiger partial charge in [-0.25, -0.2) is 0 Å². The fraction of sp³-hybridized carbons (Fsp3) is 0.533. The summed E-state index contributed by atoms with van der Waals surface area (Å²) in [7, 11) is 1.93. The zero-order valence-electron chi connectivity index (χ0n) is 12.8. The second-order valence-electron chi connectivity index (χ2n) is 4.97. The number of amides is 1. The van der Waals surface area contributed by atoms with E-state index in [1.807, 2.05) is 37.9 Å². The Morgan fingerprint density at radius 2 is 2.15 bits per heavy atom. The van der Waals surface area contributed by atoms with Gasteiger partial charge >= 0.3 is 0 Å². The molecule has 0 aromatic heterocycles. The highest BCUT2D eigenvalue weighted by molar-refractivity contribution is 7.99. The van der Waals surface area contributed by atoms with Crippen molar-refractivity contribution in [3.05, 3.63) is 23.8 Å². The van der Waals surface area contributed by atoms with E-state index in [1.165, 1.54) is 4.90 Å². The summed E-state index contributed by atoms with van der Waals surface area (Å²) in [4.78, 5) is 15.0. The molecule has 4 nitrogen and oxygen atoms in total. The van der Waals surface area contributed by atoms with Crippen LogP contribution in [0.5, 0.6) is 0 Å². The molecule has 0 unspecified atom stereocenters. The van der Waals surface area contributed by atoms with Gasteiger partial charge in [0.15, 0.2) is 0 Å². The Balaban J connectivity index is 2.89. The predicted molar refractivity (Wildman–Crippen MR) is 87.3 cm³/mol. The fourth-order valence-corrected chi connectivity index (χ4v) is 2.92. The third-order valence-electron chi connectivity index (χ3n) is 2.85. The van der Waals surface area contributed by atoms with Crippen LogP contribution < -0.4 is 16.0 Å². The van der Waals surface area contributed by atoms with E-state index in [0.29, 0.717) is 13.1 Å². The van der Waals surface area contributed by atoms with Crippen molar-refractivity contribution in [1.29, 1.82) is 0 Å². The lowest BCUT2D eigenvalue weighted by Gasteiger charge is -2.23. The number of nitrogens with one attached hydrogen (secondary N) is 1. The highest BCUT2D eigenvalue weighted by Crippen LogP contribution is 2.29. The summed E-state index contributed by atoms with van der Waals surface area (Å²) in [6.45, 7) is 6.86. The predicted octanol–water partition coefficient (Wildman–Crippen LogP) is 2.22. The van der Waals surface area contributed by atoms with Crippen molar-refractivity contribution < 1.29 is 4.79 Å². The molecule has 0 aliphatic rings. The standard InChI is InChI=1S/C15H25N3OS/c1-5-20-14-8-6-7-13(12(14)9-16)18(4)10-15(19)17-11(2)3/h6-8,11H,5,9-10,16H2,1-4H3,(H,17,19). The average molecular weight is 295 g/mol. The zero-order chi connectivity index (χ0) is 15.1. The first-order valence-electron chi connectivity index (χ1n) is 6.94. The highest BCUT2D eigenvalue weighted by atomic mass is 32.2. The molecule has 0 saturated carbocycles. The molecule has 0 aliphatic carbocycles. The number of benzene rings is 1. The Bertz CT molecular complexity index is 449. The molecule has 0 bridgehead atoms. The summed E-state index contributed by atoms with van der Waals surface area (Å²) < 4.78 is 0. The Morgan fingerprint density at radius 1 is 1.45 bits per heavy atom. The maximum Gasteiger partial charge on any atom is 0.239 e. The van der Waals surface area contributed by atoms with Crippen molar-refractivity contribution in [2.24, 2.45) is 5.73 Å². The molecule has 1 aromatic carbocycles. The van der Waals surface area contributed by atoms with E-state index in [1.54, 1.807) is 11.8 Å². The molecule has 1 amide bonds. The van der Waals surface area contributed by atoms with Crippen LogP contribution in [-0.2, 0) is 11.3 Å². The van der Waals surface area contributed by atoms with Crippen LogP contribution >= 0.6 is 11.8 Å². The zero-order valence-corrected chi connectivity index (χ0v) is 13.6. The molecule has 5 heteroatoms. The van der Waals surface area contributed by atoms with E-state index in [4.69, 9.17) is 5.73 Å². The Hall–Kier alpha value is -1.20. The number of rotatable bonds is 7. The molecule has 0 spiro atoms. The minimum Gasteiger partial charge on any atom is -0.365 e. The van der Waals surface area contributed by atoms with Gasteiger partial charge in [-0.15, -0.1) is 11.8 Å². The van der Waals surface area contributed by atoms with Crippen LogP contribution in [0.15, 0.2) is 23.1 Å². The van der Waals surface area contributed by atoms with Gasteiger partial charge in [0.25, 0.3) is 0 Å². The van der Waals surface area contributed by atoms with Crippen molar-refractivity contribution in [3.63, 3.8) is 0 Å².